The lowest BCUT2D eigenvalue weighted by atomic mass is 9.68. The van der Waals surface area contributed by atoms with Gasteiger partial charge in [0.2, 0.25) is 6.79 Å². The van der Waals surface area contributed by atoms with Crippen LogP contribution in [0.25, 0.3) is 11.8 Å². The van der Waals surface area contributed by atoms with E-state index in [4.69, 9.17) is 9.47 Å². The molecule has 1 aliphatic heterocycles. The average Bonchev–Trinajstić information content (AvgIpc) is 3.69. The summed E-state index contributed by atoms with van der Waals surface area (Å²) in [5.41, 5.74) is 6.17. The van der Waals surface area contributed by atoms with Gasteiger partial charge in [-0.15, -0.1) is 0 Å². The van der Waals surface area contributed by atoms with Gasteiger partial charge in [0.05, 0.1) is 23.6 Å². The highest BCUT2D eigenvalue weighted by atomic mass is 19.1. The molecule has 40 heavy (non-hydrogen) atoms. The number of benzene rings is 3. The lowest BCUT2D eigenvalue weighted by Gasteiger charge is -2.37. The van der Waals surface area contributed by atoms with Crippen molar-refractivity contribution >= 4 is 12.0 Å². The standard InChI is InChI=1S/C33H30FN3O3/c1-33-18-23-19-35-37(27-12-10-26(34)11-13-27)29(23)17-25(33)9-8-24(33)16-28(21-5-3-2-4-6-21)36-32(38)22-7-14-30-31(15-22)40-20-39-30/h2-7,10-15,17,19,24,28H,8-9,16,18,20H2,1H3,(H,36,38)/t24-,28?,33-/m1/s1. The van der Waals surface area contributed by atoms with Crippen LogP contribution in [0.5, 0.6) is 11.5 Å². The van der Waals surface area contributed by atoms with Gasteiger partial charge in [-0.1, -0.05) is 42.8 Å². The zero-order valence-corrected chi connectivity index (χ0v) is 22.3. The molecular formula is C33H30FN3O3. The molecule has 1 amide bonds. The minimum atomic E-state index is -0.257. The van der Waals surface area contributed by atoms with Crippen LogP contribution in [0, 0.1) is 17.2 Å². The van der Waals surface area contributed by atoms with Crippen molar-refractivity contribution in [3.8, 4) is 17.2 Å². The highest BCUT2D eigenvalue weighted by Gasteiger charge is 2.46. The van der Waals surface area contributed by atoms with E-state index in [1.54, 1.807) is 30.3 Å². The Bertz CT molecular complexity index is 1610. The number of hydrogen-bond donors (Lipinski definition) is 1. The van der Waals surface area contributed by atoms with Crippen LogP contribution in [-0.4, -0.2) is 22.5 Å². The number of nitrogens with zero attached hydrogens (tertiary/aromatic N) is 2. The molecule has 1 unspecified atom stereocenters. The molecule has 3 aliphatic rings. The van der Waals surface area contributed by atoms with Crippen LogP contribution in [0.15, 0.2) is 84.6 Å². The van der Waals surface area contributed by atoms with Crippen molar-refractivity contribution < 1.29 is 18.7 Å². The summed E-state index contributed by atoms with van der Waals surface area (Å²) in [6, 6.07) is 21.9. The van der Waals surface area contributed by atoms with Gasteiger partial charge in [-0.25, -0.2) is 9.07 Å². The molecule has 7 heteroatoms. The zero-order valence-electron chi connectivity index (χ0n) is 22.3. The molecule has 4 aromatic rings. The van der Waals surface area contributed by atoms with Crippen molar-refractivity contribution in [2.45, 2.75) is 38.6 Å². The van der Waals surface area contributed by atoms with Crippen molar-refractivity contribution in [2.24, 2.45) is 11.3 Å². The topological polar surface area (TPSA) is 65.4 Å². The molecule has 0 spiro atoms. The normalized spacial score (nSPS) is 21.4. The Morgan fingerprint density at radius 2 is 1.90 bits per heavy atom. The van der Waals surface area contributed by atoms with Gasteiger partial charge in [-0.2, -0.15) is 5.10 Å². The molecule has 202 valence electrons. The van der Waals surface area contributed by atoms with E-state index in [0.717, 1.165) is 42.6 Å². The molecule has 1 saturated carbocycles. The minimum absolute atomic E-state index is 0.0276. The molecule has 0 bridgehead atoms. The smallest absolute Gasteiger partial charge is 0.251 e. The maximum absolute atomic E-state index is 13.5. The van der Waals surface area contributed by atoms with Crippen LogP contribution in [0.1, 0.15) is 59.4 Å². The van der Waals surface area contributed by atoms with Crippen molar-refractivity contribution in [2.75, 3.05) is 6.79 Å². The van der Waals surface area contributed by atoms with Crippen LogP contribution in [0.3, 0.4) is 0 Å². The molecule has 3 aromatic carbocycles. The van der Waals surface area contributed by atoms with Crippen LogP contribution < -0.4 is 14.8 Å². The summed E-state index contributed by atoms with van der Waals surface area (Å²) in [7, 11) is 0. The first-order valence-electron chi connectivity index (χ1n) is 13.8. The van der Waals surface area contributed by atoms with E-state index < -0.39 is 0 Å². The molecule has 2 aliphatic carbocycles. The summed E-state index contributed by atoms with van der Waals surface area (Å²) in [6.45, 7) is 2.53. The summed E-state index contributed by atoms with van der Waals surface area (Å²) in [6.07, 6.45) is 8.01. The summed E-state index contributed by atoms with van der Waals surface area (Å²) in [5.74, 6) is 1.25. The number of carbonyl (C=O) groups excluding carboxylic acids is 1. The van der Waals surface area contributed by atoms with Gasteiger partial charge in [-0.3, -0.25) is 4.79 Å². The number of amides is 1. The second-order valence-electron chi connectivity index (χ2n) is 11.2. The Morgan fingerprint density at radius 1 is 1.10 bits per heavy atom. The number of rotatable bonds is 6. The Morgan fingerprint density at radius 3 is 2.73 bits per heavy atom. The number of nitrogens with one attached hydrogen (secondary N) is 1. The lowest BCUT2D eigenvalue weighted by Crippen LogP contribution is -2.34. The molecule has 1 aromatic heterocycles. The van der Waals surface area contributed by atoms with E-state index in [-0.39, 0.29) is 30.0 Å². The number of ether oxygens (including phenoxy) is 2. The van der Waals surface area contributed by atoms with Crippen molar-refractivity contribution in [1.29, 1.82) is 0 Å². The van der Waals surface area contributed by atoms with Gasteiger partial charge in [0.25, 0.3) is 5.91 Å². The van der Waals surface area contributed by atoms with Gasteiger partial charge in [-0.05, 0) is 96.7 Å². The third-order valence-corrected chi connectivity index (χ3v) is 8.89. The highest BCUT2D eigenvalue weighted by Crippen LogP contribution is 2.55. The highest BCUT2D eigenvalue weighted by molar-refractivity contribution is 5.95. The minimum Gasteiger partial charge on any atom is -0.454 e. The van der Waals surface area contributed by atoms with E-state index in [9.17, 15) is 9.18 Å². The molecule has 3 atom stereocenters. The van der Waals surface area contributed by atoms with E-state index in [2.05, 4.69) is 35.5 Å². The van der Waals surface area contributed by atoms with Crippen LogP contribution in [-0.2, 0) is 6.42 Å². The van der Waals surface area contributed by atoms with Gasteiger partial charge in [0.15, 0.2) is 11.5 Å². The first kappa shape index (κ1) is 24.6. The van der Waals surface area contributed by atoms with Gasteiger partial charge in [0, 0.05) is 5.56 Å². The molecular weight excluding hydrogens is 505 g/mol. The quantitative estimate of drug-likeness (QED) is 0.300. The first-order chi connectivity index (χ1) is 19.5. The number of hydrogen-bond acceptors (Lipinski definition) is 4. The van der Waals surface area contributed by atoms with Gasteiger partial charge < -0.3 is 14.8 Å². The molecule has 1 N–H and O–H groups in total. The van der Waals surface area contributed by atoms with E-state index in [0.29, 0.717) is 23.0 Å². The molecule has 2 heterocycles. The summed E-state index contributed by atoms with van der Waals surface area (Å²) >= 11 is 0. The molecule has 1 fully saturated rings. The number of allylic oxidation sites excluding steroid dienone is 1. The Labute approximate surface area is 232 Å². The van der Waals surface area contributed by atoms with E-state index in [1.807, 2.05) is 29.1 Å². The van der Waals surface area contributed by atoms with Crippen molar-refractivity contribution in [1.82, 2.24) is 15.1 Å². The largest absolute Gasteiger partial charge is 0.454 e. The fourth-order valence-electron chi connectivity index (χ4n) is 6.63. The van der Waals surface area contributed by atoms with Crippen LogP contribution in [0.4, 0.5) is 4.39 Å². The predicted octanol–water partition coefficient (Wildman–Crippen LogP) is 6.66. The number of carbonyl (C=O) groups is 1. The average molecular weight is 536 g/mol. The maximum Gasteiger partial charge on any atom is 0.251 e. The summed E-state index contributed by atoms with van der Waals surface area (Å²) < 4.78 is 26.3. The fourth-order valence-corrected chi connectivity index (χ4v) is 6.63. The molecule has 7 rings (SSSR count). The Kier molecular flexibility index (Phi) is 5.95. The van der Waals surface area contributed by atoms with Crippen molar-refractivity contribution in [3.05, 3.63) is 113 Å². The van der Waals surface area contributed by atoms with E-state index in [1.165, 1.54) is 23.3 Å². The fraction of sp³-hybridized carbons (Fsp3) is 0.273. The Balaban J connectivity index is 1.15. The lowest BCUT2D eigenvalue weighted by molar-refractivity contribution is 0.0923. The summed E-state index contributed by atoms with van der Waals surface area (Å²) in [5, 5.41) is 7.99. The predicted molar refractivity (Wildman–Crippen MR) is 150 cm³/mol. The second kappa shape index (κ2) is 9.66. The van der Waals surface area contributed by atoms with Gasteiger partial charge >= 0.3 is 0 Å². The second-order valence-corrected chi connectivity index (χ2v) is 11.2. The Hall–Kier alpha value is -4.39. The molecule has 0 radical (unpaired) electrons. The SMILES string of the molecule is C[C@]12Cc3cnn(-c4ccc(F)cc4)c3C=C1CC[C@@H]2CC(NC(=O)c1ccc2c(c1)OCO2)c1ccccc1. The third-order valence-electron chi connectivity index (χ3n) is 8.89. The number of halogens is 1. The van der Waals surface area contributed by atoms with Crippen molar-refractivity contribution in [3.63, 3.8) is 0 Å². The van der Waals surface area contributed by atoms with E-state index >= 15 is 0 Å². The molecule has 6 nitrogen and oxygen atoms in total. The van der Waals surface area contributed by atoms with Crippen LogP contribution >= 0.6 is 0 Å². The number of fused-ring (bicyclic) bond motifs is 3. The monoisotopic (exact) mass is 535 g/mol. The zero-order chi connectivity index (χ0) is 27.3. The third kappa shape index (κ3) is 4.26. The maximum atomic E-state index is 13.5. The first-order valence-corrected chi connectivity index (χ1v) is 13.8. The van der Waals surface area contributed by atoms with Gasteiger partial charge in [0.1, 0.15) is 5.82 Å². The number of aromatic nitrogens is 2. The summed E-state index contributed by atoms with van der Waals surface area (Å²) in [4.78, 5) is 13.4. The molecule has 0 saturated heterocycles. The van der Waals surface area contributed by atoms with Crippen LogP contribution in [0.2, 0.25) is 0 Å².